The van der Waals surface area contributed by atoms with Crippen LogP contribution in [0.15, 0.2) is 0 Å². The molecule has 0 bridgehead atoms. The predicted molar refractivity (Wildman–Crippen MR) is 85.4 cm³/mol. The molecule has 0 saturated carbocycles. The second-order valence-electron chi connectivity index (χ2n) is 5.80. The van der Waals surface area contributed by atoms with E-state index in [1.54, 1.807) is 0 Å². The van der Waals surface area contributed by atoms with Crippen LogP contribution < -0.4 is 22.1 Å². The predicted octanol–water partition coefficient (Wildman–Crippen LogP) is 1.59. The van der Waals surface area contributed by atoms with Gasteiger partial charge in [0.2, 0.25) is 0 Å². The Kier molecular flexibility index (Phi) is 14.1. The molecule has 116 valence electrons. The molecule has 6 N–H and O–H groups in total. The zero-order chi connectivity index (χ0) is 14.3. The zero-order valence-corrected chi connectivity index (χ0v) is 13.1. The lowest BCUT2D eigenvalue weighted by Gasteiger charge is -2.08. The average molecular weight is 272 g/mol. The lowest BCUT2D eigenvalue weighted by atomic mass is 10.1. The zero-order valence-electron chi connectivity index (χ0n) is 13.1. The SMILES string of the molecule is C[C@H](N)CCNCCCCCCCNCC[C@H](C)N. The Hall–Kier alpha value is -0.160. The van der Waals surface area contributed by atoms with Gasteiger partial charge in [-0.3, -0.25) is 0 Å². The fourth-order valence-electron chi connectivity index (χ4n) is 1.94. The summed E-state index contributed by atoms with van der Waals surface area (Å²) < 4.78 is 0. The quantitative estimate of drug-likeness (QED) is 0.362. The molecular weight excluding hydrogens is 236 g/mol. The molecule has 0 aromatic carbocycles. The molecule has 0 amide bonds. The smallest absolute Gasteiger partial charge is 0.00225 e. The molecule has 0 aromatic rings. The summed E-state index contributed by atoms with van der Waals surface area (Å²) in [6.45, 7) is 8.51. The first-order chi connectivity index (χ1) is 9.13. The summed E-state index contributed by atoms with van der Waals surface area (Å²) in [5.74, 6) is 0. The van der Waals surface area contributed by atoms with Gasteiger partial charge in [-0.2, -0.15) is 0 Å². The molecule has 4 heteroatoms. The van der Waals surface area contributed by atoms with Crippen LogP contribution in [0.25, 0.3) is 0 Å². The minimum atomic E-state index is 0.322. The maximum absolute atomic E-state index is 5.69. The fourth-order valence-corrected chi connectivity index (χ4v) is 1.94. The van der Waals surface area contributed by atoms with Gasteiger partial charge in [-0.05, 0) is 65.7 Å². The third-order valence-electron chi connectivity index (χ3n) is 3.26. The molecule has 0 rings (SSSR count). The van der Waals surface area contributed by atoms with Gasteiger partial charge in [-0.15, -0.1) is 0 Å². The minimum absolute atomic E-state index is 0.322. The van der Waals surface area contributed by atoms with Crippen LogP contribution in [0.3, 0.4) is 0 Å². The van der Waals surface area contributed by atoms with Gasteiger partial charge >= 0.3 is 0 Å². The third-order valence-corrected chi connectivity index (χ3v) is 3.26. The topological polar surface area (TPSA) is 76.1 Å². The Bertz CT molecular complexity index is 154. The van der Waals surface area contributed by atoms with E-state index in [9.17, 15) is 0 Å². The van der Waals surface area contributed by atoms with Gasteiger partial charge in [0.1, 0.15) is 0 Å². The Morgan fingerprint density at radius 1 is 0.632 bits per heavy atom. The van der Waals surface area contributed by atoms with E-state index in [1.807, 2.05) is 0 Å². The fraction of sp³-hybridized carbons (Fsp3) is 1.00. The molecule has 0 heterocycles. The highest BCUT2D eigenvalue weighted by Gasteiger charge is 1.95. The lowest BCUT2D eigenvalue weighted by molar-refractivity contribution is 0.531. The Morgan fingerprint density at radius 3 is 1.37 bits per heavy atom. The summed E-state index contributed by atoms with van der Waals surface area (Å²) in [4.78, 5) is 0. The van der Waals surface area contributed by atoms with Crippen molar-refractivity contribution in [3.05, 3.63) is 0 Å². The number of rotatable bonds is 14. The van der Waals surface area contributed by atoms with Gasteiger partial charge in [0.15, 0.2) is 0 Å². The van der Waals surface area contributed by atoms with Crippen molar-refractivity contribution in [1.29, 1.82) is 0 Å². The van der Waals surface area contributed by atoms with Crippen LogP contribution in [0, 0.1) is 0 Å². The van der Waals surface area contributed by atoms with Crippen LogP contribution in [0.5, 0.6) is 0 Å². The van der Waals surface area contributed by atoms with E-state index in [4.69, 9.17) is 11.5 Å². The molecule has 0 aromatic heterocycles. The second kappa shape index (κ2) is 14.3. The largest absolute Gasteiger partial charge is 0.328 e. The first kappa shape index (κ1) is 18.8. The molecular formula is C15H36N4. The van der Waals surface area contributed by atoms with E-state index in [2.05, 4.69) is 24.5 Å². The highest BCUT2D eigenvalue weighted by molar-refractivity contribution is 4.58. The van der Waals surface area contributed by atoms with Crippen LogP contribution in [0.4, 0.5) is 0 Å². The van der Waals surface area contributed by atoms with Gasteiger partial charge in [0.05, 0.1) is 0 Å². The van der Waals surface area contributed by atoms with Crippen LogP contribution in [-0.2, 0) is 0 Å². The van der Waals surface area contributed by atoms with Gasteiger partial charge in [-0.25, -0.2) is 0 Å². The van der Waals surface area contributed by atoms with Crippen molar-refractivity contribution < 1.29 is 0 Å². The van der Waals surface area contributed by atoms with E-state index in [0.29, 0.717) is 12.1 Å². The minimum Gasteiger partial charge on any atom is -0.328 e. The number of unbranched alkanes of at least 4 members (excludes halogenated alkanes) is 4. The summed E-state index contributed by atoms with van der Waals surface area (Å²) in [6, 6.07) is 0.643. The van der Waals surface area contributed by atoms with Crippen molar-refractivity contribution in [2.45, 2.75) is 70.9 Å². The van der Waals surface area contributed by atoms with E-state index in [0.717, 1.165) is 39.0 Å². The number of nitrogens with two attached hydrogens (primary N) is 2. The number of hydrogen-bond acceptors (Lipinski definition) is 4. The molecule has 19 heavy (non-hydrogen) atoms. The first-order valence-electron chi connectivity index (χ1n) is 8.05. The summed E-state index contributed by atoms with van der Waals surface area (Å²) in [7, 11) is 0. The summed E-state index contributed by atoms with van der Waals surface area (Å²) in [5, 5.41) is 6.88. The van der Waals surface area contributed by atoms with E-state index in [1.165, 1.54) is 32.1 Å². The van der Waals surface area contributed by atoms with E-state index >= 15 is 0 Å². The standard InChI is InChI=1S/C15H36N4/c1-14(16)8-12-18-10-6-4-3-5-7-11-19-13-9-15(2)17/h14-15,18-19H,3-13,16-17H2,1-2H3/t14-,15-/m0/s1. The number of hydrogen-bond donors (Lipinski definition) is 4. The summed E-state index contributed by atoms with van der Waals surface area (Å²) in [6.07, 6.45) is 8.76. The van der Waals surface area contributed by atoms with Crippen molar-refractivity contribution in [3.8, 4) is 0 Å². The molecule has 4 nitrogen and oxygen atoms in total. The Labute approximate surface area is 120 Å². The van der Waals surface area contributed by atoms with Gasteiger partial charge in [0, 0.05) is 12.1 Å². The van der Waals surface area contributed by atoms with Crippen molar-refractivity contribution in [2.24, 2.45) is 11.5 Å². The van der Waals surface area contributed by atoms with Crippen molar-refractivity contribution >= 4 is 0 Å². The maximum atomic E-state index is 5.69. The van der Waals surface area contributed by atoms with Crippen LogP contribution in [-0.4, -0.2) is 38.3 Å². The highest BCUT2D eigenvalue weighted by atomic mass is 14.9. The highest BCUT2D eigenvalue weighted by Crippen LogP contribution is 2.01. The van der Waals surface area contributed by atoms with Crippen LogP contribution in [0.1, 0.15) is 58.8 Å². The van der Waals surface area contributed by atoms with Gasteiger partial charge in [0.25, 0.3) is 0 Å². The average Bonchev–Trinajstić information content (AvgIpc) is 2.34. The van der Waals surface area contributed by atoms with E-state index in [-0.39, 0.29) is 0 Å². The van der Waals surface area contributed by atoms with Crippen LogP contribution in [0.2, 0.25) is 0 Å². The van der Waals surface area contributed by atoms with Crippen molar-refractivity contribution in [1.82, 2.24) is 10.6 Å². The monoisotopic (exact) mass is 272 g/mol. The Morgan fingerprint density at radius 2 is 1.00 bits per heavy atom. The molecule has 0 aliphatic heterocycles. The Balaban J connectivity index is 2.95. The maximum Gasteiger partial charge on any atom is 0.00225 e. The van der Waals surface area contributed by atoms with Gasteiger partial charge in [-0.1, -0.05) is 19.3 Å². The molecule has 2 atom stereocenters. The molecule has 0 saturated heterocycles. The molecule has 0 radical (unpaired) electrons. The molecule has 0 unspecified atom stereocenters. The molecule has 0 spiro atoms. The number of nitrogens with one attached hydrogen (secondary N) is 2. The third kappa shape index (κ3) is 17.8. The van der Waals surface area contributed by atoms with Crippen LogP contribution >= 0.6 is 0 Å². The second-order valence-corrected chi connectivity index (χ2v) is 5.80. The van der Waals surface area contributed by atoms with Crippen molar-refractivity contribution in [2.75, 3.05) is 26.2 Å². The normalized spacial score (nSPS) is 14.5. The molecule has 0 aliphatic carbocycles. The molecule has 0 aliphatic rings. The van der Waals surface area contributed by atoms with Crippen molar-refractivity contribution in [3.63, 3.8) is 0 Å². The van der Waals surface area contributed by atoms with E-state index < -0.39 is 0 Å². The lowest BCUT2D eigenvalue weighted by Crippen LogP contribution is -2.24. The molecule has 0 fully saturated rings. The first-order valence-corrected chi connectivity index (χ1v) is 8.05. The van der Waals surface area contributed by atoms with Gasteiger partial charge < -0.3 is 22.1 Å². The summed E-state index contributed by atoms with van der Waals surface area (Å²) >= 11 is 0. The summed E-state index contributed by atoms with van der Waals surface area (Å²) in [5.41, 5.74) is 11.4.